The smallest absolute Gasteiger partial charge is 0.337 e. The van der Waals surface area contributed by atoms with E-state index in [0.717, 1.165) is 5.56 Å². The second kappa shape index (κ2) is 5.82. The van der Waals surface area contributed by atoms with Crippen LogP contribution < -0.4 is 4.74 Å². The molecule has 0 fully saturated rings. The first-order chi connectivity index (χ1) is 7.97. The Balaban J connectivity index is 3.20. The molecular weight excluding hydrogens is 216 g/mol. The SMILES string of the molecule is CC(C)c1cccc(OC(=O)CO)c1C(C)C. The van der Waals surface area contributed by atoms with Crippen molar-refractivity contribution >= 4 is 5.97 Å². The number of hydrogen-bond donors (Lipinski definition) is 1. The number of carbonyl (C=O) groups is 1. The van der Waals surface area contributed by atoms with Crippen molar-refractivity contribution < 1.29 is 14.6 Å². The van der Waals surface area contributed by atoms with E-state index in [1.807, 2.05) is 6.07 Å². The topological polar surface area (TPSA) is 46.5 Å². The van der Waals surface area contributed by atoms with Crippen LogP contribution in [0, 0.1) is 0 Å². The standard InChI is InChI=1S/C14H20O3/c1-9(2)11-6-5-7-12(14(11)10(3)4)17-13(16)8-15/h5-7,9-10,15H,8H2,1-4H3. The maximum absolute atomic E-state index is 11.2. The van der Waals surface area contributed by atoms with Crippen LogP contribution in [-0.4, -0.2) is 17.7 Å². The summed E-state index contributed by atoms with van der Waals surface area (Å²) in [5, 5.41) is 8.73. The van der Waals surface area contributed by atoms with Crippen LogP contribution >= 0.6 is 0 Å². The molecule has 0 unspecified atom stereocenters. The van der Waals surface area contributed by atoms with Gasteiger partial charge in [-0.3, -0.25) is 0 Å². The number of aliphatic hydroxyl groups is 1. The molecule has 3 nitrogen and oxygen atoms in total. The highest BCUT2D eigenvalue weighted by Crippen LogP contribution is 2.33. The molecule has 94 valence electrons. The predicted molar refractivity (Wildman–Crippen MR) is 67.3 cm³/mol. The van der Waals surface area contributed by atoms with Crippen LogP contribution in [0.5, 0.6) is 5.75 Å². The Morgan fingerprint density at radius 3 is 2.35 bits per heavy atom. The van der Waals surface area contributed by atoms with Gasteiger partial charge in [0.15, 0.2) is 0 Å². The zero-order valence-electron chi connectivity index (χ0n) is 10.9. The third kappa shape index (κ3) is 3.30. The molecule has 0 aromatic heterocycles. The Bertz CT molecular complexity index is 394. The summed E-state index contributed by atoms with van der Waals surface area (Å²) in [6.45, 7) is 7.76. The second-order valence-electron chi connectivity index (χ2n) is 4.70. The maximum Gasteiger partial charge on any atom is 0.337 e. The number of aliphatic hydroxyl groups excluding tert-OH is 1. The molecule has 1 aromatic carbocycles. The van der Waals surface area contributed by atoms with Gasteiger partial charge in [0.2, 0.25) is 0 Å². The summed E-state index contributed by atoms with van der Waals surface area (Å²) in [5.41, 5.74) is 2.23. The van der Waals surface area contributed by atoms with E-state index in [1.165, 1.54) is 5.56 Å². The first-order valence-corrected chi connectivity index (χ1v) is 5.91. The molecule has 1 N–H and O–H groups in total. The minimum absolute atomic E-state index is 0.273. The van der Waals surface area contributed by atoms with Gasteiger partial charge in [0.25, 0.3) is 0 Å². The van der Waals surface area contributed by atoms with Crippen LogP contribution in [0.2, 0.25) is 0 Å². The fourth-order valence-electron chi connectivity index (χ4n) is 1.93. The monoisotopic (exact) mass is 236 g/mol. The summed E-state index contributed by atoms with van der Waals surface area (Å²) in [6.07, 6.45) is 0. The highest BCUT2D eigenvalue weighted by Gasteiger charge is 2.16. The lowest BCUT2D eigenvalue weighted by Gasteiger charge is -2.19. The largest absolute Gasteiger partial charge is 0.425 e. The number of ether oxygens (including phenoxy) is 1. The van der Waals surface area contributed by atoms with Gasteiger partial charge in [-0.05, 0) is 23.5 Å². The fraction of sp³-hybridized carbons (Fsp3) is 0.500. The number of benzene rings is 1. The van der Waals surface area contributed by atoms with Gasteiger partial charge in [0, 0.05) is 5.56 Å². The Morgan fingerprint density at radius 2 is 1.88 bits per heavy atom. The van der Waals surface area contributed by atoms with Crippen LogP contribution in [0.15, 0.2) is 18.2 Å². The van der Waals surface area contributed by atoms with Gasteiger partial charge >= 0.3 is 5.97 Å². The molecule has 0 saturated carbocycles. The summed E-state index contributed by atoms with van der Waals surface area (Å²) >= 11 is 0. The third-order valence-electron chi connectivity index (χ3n) is 2.65. The first kappa shape index (κ1) is 13.7. The normalized spacial score (nSPS) is 11.0. The van der Waals surface area contributed by atoms with E-state index >= 15 is 0 Å². The van der Waals surface area contributed by atoms with E-state index in [4.69, 9.17) is 9.84 Å². The zero-order chi connectivity index (χ0) is 13.0. The molecule has 17 heavy (non-hydrogen) atoms. The molecule has 0 heterocycles. The number of carbonyl (C=O) groups excluding carboxylic acids is 1. The molecule has 0 aliphatic rings. The number of hydrogen-bond acceptors (Lipinski definition) is 3. The molecule has 1 rings (SSSR count). The minimum atomic E-state index is -0.618. The van der Waals surface area contributed by atoms with Crippen molar-refractivity contribution in [2.75, 3.05) is 6.61 Å². The molecule has 0 bridgehead atoms. The molecule has 0 amide bonds. The Labute approximate surface area is 102 Å². The van der Waals surface area contributed by atoms with Crippen molar-refractivity contribution in [1.82, 2.24) is 0 Å². The van der Waals surface area contributed by atoms with Gasteiger partial charge in [0.1, 0.15) is 12.4 Å². The summed E-state index contributed by atoms with van der Waals surface area (Å²) in [7, 11) is 0. The highest BCUT2D eigenvalue weighted by atomic mass is 16.5. The van der Waals surface area contributed by atoms with Crippen molar-refractivity contribution in [3.05, 3.63) is 29.3 Å². The lowest BCUT2D eigenvalue weighted by Crippen LogP contribution is -2.14. The predicted octanol–water partition coefficient (Wildman–Crippen LogP) is 2.83. The van der Waals surface area contributed by atoms with Crippen molar-refractivity contribution in [2.24, 2.45) is 0 Å². The summed E-state index contributed by atoms with van der Waals surface area (Å²) in [4.78, 5) is 11.2. The van der Waals surface area contributed by atoms with E-state index in [0.29, 0.717) is 11.7 Å². The van der Waals surface area contributed by atoms with Crippen molar-refractivity contribution in [3.63, 3.8) is 0 Å². The van der Waals surface area contributed by atoms with Crippen molar-refractivity contribution in [3.8, 4) is 5.75 Å². The molecule has 0 aliphatic heterocycles. The highest BCUT2D eigenvalue weighted by molar-refractivity contribution is 5.74. The quantitative estimate of drug-likeness (QED) is 0.646. The molecular formula is C14H20O3. The molecule has 3 heteroatoms. The minimum Gasteiger partial charge on any atom is -0.425 e. The Kier molecular flexibility index (Phi) is 4.70. The van der Waals surface area contributed by atoms with Gasteiger partial charge in [-0.2, -0.15) is 0 Å². The zero-order valence-corrected chi connectivity index (χ0v) is 10.9. The van der Waals surface area contributed by atoms with E-state index in [-0.39, 0.29) is 5.92 Å². The van der Waals surface area contributed by atoms with Crippen LogP contribution in [0.25, 0.3) is 0 Å². The van der Waals surface area contributed by atoms with Crippen molar-refractivity contribution in [1.29, 1.82) is 0 Å². The van der Waals surface area contributed by atoms with Gasteiger partial charge in [-0.15, -0.1) is 0 Å². The molecule has 0 atom stereocenters. The second-order valence-corrected chi connectivity index (χ2v) is 4.70. The molecule has 0 radical (unpaired) electrons. The number of esters is 1. The lowest BCUT2D eigenvalue weighted by atomic mass is 9.90. The van der Waals surface area contributed by atoms with Crippen LogP contribution in [0.4, 0.5) is 0 Å². The third-order valence-corrected chi connectivity index (χ3v) is 2.65. The van der Waals surface area contributed by atoms with E-state index in [1.54, 1.807) is 6.07 Å². The summed E-state index contributed by atoms with van der Waals surface area (Å²) < 4.78 is 5.16. The van der Waals surface area contributed by atoms with E-state index < -0.39 is 12.6 Å². The average Bonchev–Trinajstić information content (AvgIpc) is 2.28. The maximum atomic E-state index is 11.2. The Morgan fingerprint density at radius 1 is 1.24 bits per heavy atom. The summed E-state index contributed by atoms with van der Waals surface area (Å²) in [6, 6.07) is 5.70. The Hall–Kier alpha value is -1.35. The molecule has 1 aromatic rings. The van der Waals surface area contributed by atoms with Crippen LogP contribution in [0.3, 0.4) is 0 Å². The van der Waals surface area contributed by atoms with Crippen LogP contribution in [-0.2, 0) is 4.79 Å². The van der Waals surface area contributed by atoms with Crippen molar-refractivity contribution in [2.45, 2.75) is 39.5 Å². The lowest BCUT2D eigenvalue weighted by molar-refractivity contribution is -0.137. The molecule has 0 saturated heterocycles. The summed E-state index contributed by atoms with van der Waals surface area (Å²) in [5.74, 6) is 0.591. The molecule has 0 aliphatic carbocycles. The van der Waals surface area contributed by atoms with Gasteiger partial charge in [-0.1, -0.05) is 39.8 Å². The van der Waals surface area contributed by atoms with Gasteiger partial charge < -0.3 is 9.84 Å². The van der Waals surface area contributed by atoms with Crippen LogP contribution in [0.1, 0.15) is 50.7 Å². The van der Waals surface area contributed by atoms with E-state index in [2.05, 4.69) is 33.8 Å². The number of rotatable bonds is 4. The van der Waals surface area contributed by atoms with Gasteiger partial charge in [-0.25, -0.2) is 4.79 Å². The fourth-order valence-corrected chi connectivity index (χ4v) is 1.93. The molecule has 0 spiro atoms. The average molecular weight is 236 g/mol. The van der Waals surface area contributed by atoms with E-state index in [9.17, 15) is 4.79 Å². The van der Waals surface area contributed by atoms with Gasteiger partial charge in [0.05, 0.1) is 0 Å². The first-order valence-electron chi connectivity index (χ1n) is 5.91.